The molecule has 1 aliphatic rings. The Bertz CT molecular complexity index is 196. The summed E-state index contributed by atoms with van der Waals surface area (Å²) in [4.78, 5) is 11.5. The summed E-state index contributed by atoms with van der Waals surface area (Å²) in [7, 11) is 0. The van der Waals surface area contributed by atoms with E-state index >= 15 is 0 Å². The maximum Gasteiger partial charge on any atom is 0.222 e. The van der Waals surface area contributed by atoms with Crippen molar-refractivity contribution in [1.82, 2.24) is 10.6 Å². The van der Waals surface area contributed by atoms with Crippen molar-refractivity contribution in [3.8, 4) is 0 Å². The molecule has 1 saturated heterocycles. The minimum atomic E-state index is 0.0448. The Labute approximate surface area is 95.5 Å². The quantitative estimate of drug-likeness (QED) is 0.712. The molecule has 1 rings (SSSR count). The number of hydrogen-bond donors (Lipinski definition) is 2. The second kappa shape index (κ2) is 7.09. The van der Waals surface area contributed by atoms with Gasteiger partial charge in [0.1, 0.15) is 0 Å². The van der Waals surface area contributed by atoms with Gasteiger partial charge in [-0.15, -0.1) is 0 Å². The lowest BCUT2D eigenvalue weighted by Crippen LogP contribution is -2.42. The van der Waals surface area contributed by atoms with Crippen LogP contribution in [0.4, 0.5) is 0 Å². The van der Waals surface area contributed by atoms with Crippen LogP contribution in [0.3, 0.4) is 0 Å². The van der Waals surface area contributed by atoms with Crippen LogP contribution in [0.25, 0.3) is 0 Å². The van der Waals surface area contributed by atoms with Crippen LogP contribution in [-0.2, 0) is 9.53 Å². The third kappa shape index (κ3) is 5.39. The molecule has 1 heterocycles. The van der Waals surface area contributed by atoms with Gasteiger partial charge in [0.15, 0.2) is 0 Å². The van der Waals surface area contributed by atoms with Crippen molar-refractivity contribution >= 4 is 17.7 Å². The average molecular weight is 232 g/mol. The molecule has 0 unspecified atom stereocenters. The van der Waals surface area contributed by atoms with Crippen LogP contribution >= 0.6 is 11.8 Å². The van der Waals surface area contributed by atoms with Crippen LogP contribution in [0.2, 0.25) is 0 Å². The Balaban J connectivity index is 2.11. The maximum atomic E-state index is 11.5. The zero-order valence-electron chi connectivity index (χ0n) is 9.41. The van der Waals surface area contributed by atoms with E-state index in [1.807, 2.05) is 6.26 Å². The van der Waals surface area contributed by atoms with Crippen LogP contribution < -0.4 is 10.6 Å². The van der Waals surface area contributed by atoms with E-state index in [1.165, 1.54) is 0 Å². The number of carbonyl (C=O) groups is 1. The van der Waals surface area contributed by atoms with E-state index in [9.17, 15) is 4.79 Å². The summed E-state index contributed by atoms with van der Waals surface area (Å²) in [5.41, 5.74) is 0. The van der Waals surface area contributed by atoms with Crippen molar-refractivity contribution in [1.29, 1.82) is 0 Å². The number of morpholine rings is 1. The molecule has 88 valence electrons. The first-order valence-electron chi connectivity index (χ1n) is 5.34. The number of carbonyl (C=O) groups excluding carboxylic acids is 1. The number of ether oxygens (including phenoxy) is 1. The Morgan fingerprint density at radius 2 is 2.53 bits per heavy atom. The second-order valence-corrected chi connectivity index (χ2v) is 5.03. The Morgan fingerprint density at radius 3 is 3.13 bits per heavy atom. The van der Waals surface area contributed by atoms with Crippen molar-refractivity contribution in [2.24, 2.45) is 0 Å². The highest BCUT2D eigenvalue weighted by atomic mass is 32.2. The van der Waals surface area contributed by atoms with E-state index in [1.54, 1.807) is 11.8 Å². The molecule has 2 N–H and O–H groups in total. The molecule has 0 aromatic heterocycles. The lowest BCUT2D eigenvalue weighted by atomic mass is 10.2. The molecule has 2 atom stereocenters. The molecule has 5 heteroatoms. The molecule has 1 aliphatic heterocycles. The fraction of sp³-hybridized carbons (Fsp3) is 0.900. The third-order valence-corrected chi connectivity index (χ3v) is 3.38. The van der Waals surface area contributed by atoms with E-state index in [-0.39, 0.29) is 12.0 Å². The number of hydrogen-bond acceptors (Lipinski definition) is 4. The minimum Gasteiger partial charge on any atom is -0.375 e. The van der Waals surface area contributed by atoms with Crippen molar-refractivity contribution < 1.29 is 9.53 Å². The first-order chi connectivity index (χ1) is 7.22. The van der Waals surface area contributed by atoms with Crippen LogP contribution in [0.15, 0.2) is 0 Å². The molecule has 1 amide bonds. The van der Waals surface area contributed by atoms with E-state index < -0.39 is 0 Å². The van der Waals surface area contributed by atoms with Crippen LogP contribution in [0.1, 0.15) is 13.3 Å². The Hall–Kier alpha value is -0.260. The Kier molecular flexibility index (Phi) is 6.05. The number of rotatable bonds is 5. The van der Waals surface area contributed by atoms with Crippen molar-refractivity contribution in [3.63, 3.8) is 0 Å². The van der Waals surface area contributed by atoms with Gasteiger partial charge in [0.2, 0.25) is 5.91 Å². The van der Waals surface area contributed by atoms with Crippen LogP contribution in [0, 0.1) is 0 Å². The SMILES string of the molecule is CS[C@@H](C)CNC(=O)C[C@H]1CNCCO1. The maximum absolute atomic E-state index is 11.5. The smallest absolute Gasteiger partial charge is 0.222 e. The predicted octanol–water partition coefficient (Wildman–Crippen LogP) is 0.233. The van der Waals surface area contributed by atoms with Crippen molar-refractivity contribution in [2.45, 2.75) is 24.7 Å². The normalized spacial score (nSPS) is 23.5. The van der Waals surface area contributed by atoms with Gasteiger partial charge in [-0.3, -0.25) is 4.79 Å². The number of nitrogens with one attached hydrogen (secondary N) is 2. The highest BCUT2D eigenvalue weighted by molar-refractivity contribution is 7.99. The summed E-state index contributed by atoms with van der Waals surface area (Å²) in [5, 5.41) is 6.59. The monoisotopic (exact) mass is 232 g/mol. The fourth-order valence-corrected chi connectivity index (χ4v) is 1.62. The highest BCUT2D eigenvalue weighted by Crippen LogP contribution is 2.04. The molecule has 0 bridgehead atoms. The van der Waals surface area contributed by atoms with Crippen molar-refractivity contribution in [2.75, 3.05) is 32.5 Å². The van der Waals surface area contributed by atoms with E-state index in [0.29, 0.717) is 18.3 Å². The van der Waals surface area contributed by atoms with Gasteiger partial charge < -0.3 is 15.4 Å². The van der Waals surface area contributed by atoms with Crippen LogP contribution in [-0.4, -0.2) is 49.8 Å². The topological polar surface area (TPSA) is 50.4 Å². The molecular weight excluding hydrogens is 212 g/mol. The summed E-state index contributed by atoms with van der Waals surface area (Å²) in [6.45, 7) is 5.22. The summed E-state index contributed by atoms with van der Waals surface area (Å²) in [5.74, 6) is 0.0876. The van der Waals surface area contributed by atoms with Gasteiger partial charge in [0.25, 0.3) is 0 Å². The summed E-state index contributed by atoms with van der Waals surface area (Å²) in [6, 6.07) is 0. The van der Waals surface area contributed by atoms with Gasteiger partial charge in [-0.2, -0.15) is 11.8 Å². The fourth-order valence-electron chi connectivity index (χ4n) is 1.37. The first-order valence-corrected chi connectivity index (χ1v) is 6.63. The van der Waals surface area contributed by atoms with Gasteiger partial charge in [0.05, 0.1) is 19.1 Å². The van der Waals surface area contributed by atoms with Gasteiger partial charge in [0, 0.05) is 24.9 Å². The standard InChI is InChI=1S/C10H20N2O2S/c1-8(15-2)6-12-10(13)5-9-7-11-3-4-14-9/h8-9,11H,3-7H2,1-2H3,(H,12,13)/t8-,9-/m0/s1. The first kappa shape index (κ1) is 12.8. The zero-order chi connectivity index (χ0) is 11.1. The van der Waals surface area contributed by atoms with Crippen molar-refractivity contribution in [3.05, 3.63) is 0 Å². The van der Waals surface area contributed by atoms with E-state index in [4.69, 9.17) is 4.74 Å². The molecule has 15 heavy (non-hydrogen) atoms. The summed E-state index contributed by atoms with van der Waals surface area (Å²) < 4.78 is 5.45. The number of amides is 1. The summed E-state index contributed by atoms with van der Waals surface area (Å²) >= 11 is 1.75. The molecular formula is C10H20N2O2S. The molecule has 0 aromatic rings. The highest BCUT2D eigenvalue weighted by Gasteiger charge is 2.17. The third-order valence-electron chi connectivity index (χ3n) is 2.41. The van der Waals surface area contributed by atoms with E-state index in [2.05, 4.69) is 17.6 Å². The number of thioether (sulfide) groups is 1. The molecule has 0 radical (unpaired) electrons. The predicted molar refractivity (Wildman–Crippen MR) is 63.2 cm³/mol. The average Bonchev–Trinajstić information content (AvgIpc) is 2.27. The lowest BCUT2D eigenvalue weighted by molar-refractivity contribution is -0.124. The molecule has 0 spiro atoms. The van der Waals surface area contributed by atoms with Crippen LogP contribution in [0.5, 0.6) is 0 Å². The Morgan fingerprint density at radius 1 is 1.73 bits per heavy atom. The van der Waals surface area contributed by atoms with Gasteiger partial charge in [-0.05, 0) is 6.26 Å². The molecule has 0 saturated carbocycles. The largest absolute Gasteiger partial charge is 0.375 e. The summed E-state index contributed by atoms with van der Waals surface area (Å²) in [6.07, 6.45) is 2.56. The molecule has 4 nitrogen and oxygen atoms in total. The lowest BCUT2D eigenvalue weighted by Gasteiger charge is -2.23. The van der Waals surface area contributed by atoms with Gasteiger partial charge >= 0.3 is 0 Å². The molecule has 0 aromatic carbocycles. The van der Waals surface area contributed by atoms with E-state index in [0.717, 1.165) is 19.6 Å². The molecule has 1 fully saturated rings. The minimum absolute atomic E-state index is 0.0448. The second-order valence-electron chi connectivity index (χ2n) is 3.75. The van der Waals surface area contributed by atoms with Gasteiger partial charge in [-0.25, -0.2) is 0 Å². The molecule has 0 aliphatic carbocycles. The zero-order valence-corrected chi connectivity index (χ0v) is 10.2. The van der Waals surface area contributed by atoms with Gasteiger partial charge in [-0.1, -0.05) is 6.92 Å².